The van der Waals surface area contributed by atoms with Crippen LogP contribution in [-0.2, 0) is 11.2 Å². The van der Waals surface area contributed by atoms with E-state index in [0.717, 1.165) is 27.8 Å². The Kier molecular flexibility index (Phi) is 4.01. The predicted molar refractivity (Wildman–Crippen MR) is 88.7 cm³/mol. The first-order valence-corrected chi connectivity index (χ1v) is 7.20. The van der Waals surface area contributed by atoms with Crippen molar-refractivity contribution in [2.75, 3.05) is 0 Å². The number of carbonyl (C=O) groups is 1. The highest BCUT2D eigenvalue weighted by Gasteiger charge is 2.12. The minimum atomic E-state index is -0.815. The van der Waals surface area contributed by atoms with Crippen molar-refractivity contribution in [2.45, 2.75) is 6.42 Å². The van der Waals surface area contributed by atoms with E-state index in [9.17, 15) is 4.79 Å². The van der Waals surface area contributed by atoms with Gasteiger partial charge in [0.2, 0.25) is 0 Å². The van der Waals surface area contributed by atoms with Crippen molar-refractivity contribution in [1.29, 1.82) is 0 Å². The zero-order chi connectivity index (χ0) is 15.4. The maximum Gasteiger partial charge on any atom is 0.307 e. The topological polar surface area (TPSA) is 37.3 Å². The summed E-state index contributed by atoms with van der Waals surface area (Å²) in [5.74, 6) is -0.815. The van der Waals surface area contributed by atoms with Gasteiger partial charge in [0.15, 0.2) is 0 Å². The quantitative estimate of drug-likeness (QED) is 0.759. The van der Waals surface area contributed by atoms with Crippen molar-refractivity contribution in [3.8, 4) is 22.3 Å². The molecular formula is C20H16O2. The van der Waals surface area contributed by atoms with Crippen LogP contribution in [0, 0.1) is 0 Å². The summed E-state index contributed by atoms with van der Waals surface area (Å²) in [7, 11) is 0. The molecule has 0 amide bonds. The molecule has 0 aliphatic heterocycles. The van der Waals surface area contributed by atoms with Gasteiger partial charge in [0.1, 0.15) is 0 Å². The van der Waals surface area contributed by atoms with E-state index in [4.69, 9.17) is 5.11 Å². The second-order valence-corrected chi connectivity index (χ2v) is 5.14. The Morgan fingerprint density at radius 2 is 1.23 bits per heavy atom. The first-order valence-electron chi connectivity index (χ1n) is 7.20. The number of hydrogen-bond acceptors (Lipinski definition) is 1. The average molecular weight is 288 g/mol. The molecule has 3 rings (SSSR count). The molecule has 2 heteroatoms. The molecule has 0 fully saturated rings. The van der Waals surface area contributed by atoms with Gasteiger partial charge in [-0.05, 0) is 27.8 Å². The summed E-state index contributed by atoms with van der Waals surface area (Å²) in [6.07, 6.45) is 0.0271. The van der Waals surface area contributed by atoms with E-state index in [2.05, 4.69) is 18.2 Å². The molecule has 0 aliphatic rings. The minimum absolute atomic E-state index is 0.0271. The second kappa shape index (κ2) is 6.27. The lowest BCUT2D eigenvalue weighted by Crippen LogP contribution is -2.02. The van der Waals surface area contributed by atoms with E-state index in [1.807, 2.05) is 60.7 Å². The fraction of sp³-hybridized carbons (Fsp3) is 0.0500. The van der Waals surface area contributed by atoms with Crippen molar-refractivity contribution in [2.24, 2.45) is 0 Å². The lowest BCUT2D eigenvalue weighted by atomic mass is 9.91. The van der Waals surface area contributed by atoms with Crippen molar-refractivity contribution >= 4 is 5.97 Å². The average Bonchev–Trinajstić information content (AvgIpc) is 2.56. The number of carboxylic acid groups (broad SMARTS) is 1. The molecule has 3 aromatic rings. The SMILES string of the molecule is O=C(O)Cc1ccccc1-c1ccccc1-c1ccccc1. The Morgan fingerprint density at radius 3 is 1.91 bits per heavy atom. The van der Waals surface area contributed by atoms with Crippen LogP contribution in [-0.4, -0.2) is 11.1 Å². The molecule has 0 bridgehead atoms. The number of benzene rings is 3. The van der Waals surface area contributed by atoms with Gasteiger partial charge in [-0.3, -0.25) is 4.79 Å². The Morgan fingerprint density at radius 1 is 0.682 bits per heavy atom. The van der Waals surface area contributed by atoms with Gasteiger partial charge in [0, 0.05) is 0 Å². The van der Waals surface area contributed by atoms with Gasteiger partial charge in [-0.25, -0.2) is 0 Å². The van der Waals surface area contributed by atoms with Crippen LogP contribution in [0.2, 0.25) is 0 Å². The molecule has 22 heavy (non-hydrogen) atoms. The Balaban J connectivity index is 2.16. The van der Waals surface area contributed by atoms with Crippen LogP contribution >= 0.6 is 0 Å². The molecule has 0 radical (unpaired) electrons. The van der Waals surface area contributed by atoms with Crippen LogP contribution in [0.25, 0.3) is 22.3 Å². The largest absolute Gasteiger partial charge is 0.481 e. The lowest BCUT2D eigenvalue weighted by molar-refractivity contribution is -0.136. The summed E-state index contributed by atoms with van der Waals surface area (Å²) in [5, 5.41) is 9.12. The van der Waals surface area contributed by atoms with Crippen LogP contribution in [0.15, 0.2) is 78.9 Å². The standard InChI is InChI=1S/C20H16O2/c21-20(22)14-16-10-4-5-12-18(16)19-13-7-6-11-17(19)15-8-2-1-3-9-15/h1-13H,14H2,(H,21,22). The molecule has 108 valence electrons. The Labute approximate surface area is 129 Å². The van der Waals surface area contributed by atoms with Crippen LogP contribution in [0.3, 0.4) is 0 Å². The van der Waals surface area contributed by atoms with E-state index in [1.165, 1.54) is 0 Å². The molecule has 2 nitrogen and oxygen atoms in total. The zero-order valence-corrected chi connectivity index (χ0v) is 12.1. The molecule has 0 heterocycles. The summed E-state index contributed by atoms with van der Waals surface area (Å²) in [5.41, 5.74) is 5.11. The molecule has 0 unspecified atom stereocenters. The second-order valence-electron chi connectivity index (χ2n) is 5.14. The number of aliphatic carboxylic acids is 1. The van der Waals surface area contributed by atoms with Crippen molar-refractivity contribution in [3.63, 3.8) is 0 Å². The summed E-state index contributed by atoms with van der Waals surface area (Å²) in [6.45, 7) is 0. The number of hydrogen-bond donors (Lipinski definition) is 1. The van der Waals surface area contributed by atoms with Crippen molar-refractivity contribution < 1.29 is 9.90 Å². The molecule has 1 N–H and O–H groups in total. The van der Waals surface area contributed by atoms with Crippen LogP contribution < -0.4 is 0 Å². The molecule has 3 aromatic carbocycles. The van der Waals surface area contributed by atoms with E-state index in [0.29, 0.717) is 0 Å². The highest BCUT2D eigenvalue weighted by Crippen LogP contribution is 2.33. The van der Waals surface area contributed by atoms with Gasteiger partial charge in [-0.1, -0.05) is 78.9 Å². The first-order chi connectivity index (χ1) is 10.8. The molecular weight excluding hydrogens is 272 g/mol. The molecule has 0 saturated heterocycles. The van der Waals surface area contributed by atoms with E-state index >= 15 is 0 Å². The van der Waals surface area contributed by atoms with E-state index in [1.54, 1.807) is 0 Å². The summed E-state index contributed by atoms with van der Waals surface area (Å²) in [6, 6.07) is 25.9. The van der Waals surface area contributed by atoms with Crippen LogP contribution in [0.1, 0.15) is 5.56 Å². The van der Waals surface area contributed by atoms with Gasteiger partial charge in [0.25, 0.3) is 0 Å². The number of rotatable bonds is 4. The minimum Gasteiger partial charge on any atom is -0.481 e. The van der Waals surface area contributed by atoms with Gasteiger partial charge in [-0.2, -0.15) is 0 Å². The van der Waals surface area contributed by atoms with E-state index in [-0.39, 0.29) is 6.42 Å². The molecule has 0 atom stereocenters. The van der Waals surface area contributed by atoms with Gasteiger partial charge < -0.3 is 5.11 Å². The molecule has 0 aromatic heterocycles. The van der Waals surface area contributed by atoms with Gasteiger partial charge in [0.05, 0.1) is 6.42 Å². The Bertz CT molecular complexity index is 792. The summed E-state index contributed by atoms with van der Waals surface area (Å²) >= 11 is 0. The highest BCUT2D eigenvalue weighted by atomic mass is 16.4. The van der Waals surface area contributed by atoms with Crippen molar-refractivity contribution in [3.05, 3.63) is 84.4 Å². The lowest BCUT2D eigenvalue weighted by Gasteiger charge is -2.13. The van der Waals surface area contributed by atoms with Crippen LogP contribution in [0.4, 0.5) is 0 Å². The van der Waals surface area contributed by atoms with Gasteiger partial charge in [-0.15, -0.1) is 0 Å². The van der Waals surface area contributed by atoms with Gasteiger partial charge >= 0.3 is 5.97 Å². The third-order valence-electron chi connectivity index (χ3n) is 3.66. The first kappa shape index (κ1) is 14.1. The predicted octanol–water partition coefficient (Wildman–Crippen LogP) is 4.65. The third-order valence-corrected chi connectivity index (χ3v) is 3.66. The van der Waals surface area contributed by atoms with Crippen LogP contribution in [0.5, 0.6) is 0 Å². The monoisotopic (exact) mass is 288 g/mol. The number of carboxylic acids is 1. The molecule has 0 aliphatic carbocycles. The third kappa shape index (κ3) is 2.91. The maximum absolute atomic E-state index is 11.1. The fourth-order valence-electron chi connectivity index (χ4n) is 2.69. The normalized spacial score (nSPS) is 10.4. The van der Waals surface area contributed by atoms with Crippen molar-refractivity contribution in [1.82, 2.24) is 0 Å². The van der Waals surface area contributed by atoms with E-state index < -0.39 is 5.97 Å². The maximum atomic E-state index is 11.1. The zero-order valence-electron chi connectivity index (χ0n) is 12.1. The Hall–Kier alpha value is -2.87. The highest BCUT2D eigenvalue weighted by molar-refractivity contribution is 5.86. The summed E-state index contributed by atoms with van der Waals surface area (Å²) < 4.78 is 0. The molecule has 0 saturated carbocycles. The summed E-state index contributed by atoms with van der Waals surface area (Å²) in [4.78, 5) is 11.1. The smallest absolute Gasteiger partial charge is 0.307 e. The fourth-order valence-corrected chi connectivity index (χ4v) is 2.69. The molecule has 0 spiro atoms.